The van der Waals surface area contributed by atoms with Crippen LogP contribution in [0.2, 0.25) is 5.02 Å². The van der Waals surface area contributed by atoms with Gasteiger partial charge in [0.15, 0.2) is 0 Å². The van der Waals surface area contributed by atoms with Crippen molar-refractivity contribution in [1.29, 1.82) is 0 Å². The van der Waals surface area contributed by atoms with Gasteiger partial charge in [-0.1, -0.05) is 43.6 Å². The molecule has 156 valence electrons. The number of nitrogens with one attached hydrogen (secondary N) is 1. The highest BCUT2D eigenvalue weighted by atomic mass is 35.5. The Bertz CT molecular complexity index is 620. The highest BCUT2D eigenvalue weighted by Crippen LogP contribution is 2.23. The number of hydrogen-bond acceptors (Lipinski definition) is 3. The molecular formula is C23H36ClN3O. The molecule has 2 atom stereocenters. The first-order valence-corrected chi connectivity index (χ1v) is 11.3. The minimum absolute atomic E-state index is 0.164. The first-order valence-electron chi connectivity index (χ1n) is 11.0. The third-order valence-electron chi connectivity index (χ3n) is 6.20. The second-order valence-electron chi connectivity index (χ2n) is 8.99. The van der Waals surface area contributed by atoms with Crippen LogP contribution >= 0.6 is 11.6 Å². The second-order valence-corrected chi connectivity index (χ2v) is 9.40. The number of carbonyl (C=O) groups is 1. The van der Waals surface area contributed by atoms with Gasteiger partial charge in [0.2, 0.25) is 5.91 Å². The van der Waals surface area contributed by atoms with Crippen molar-refractivity contribution in [2.24, 2.45) is 17.8 Å². The van der Waals surface area contributed by atoms with Gasteiger partial charge in [-0.05, 0) is 68.8 Å². The van der Waals surface area contributed by atoms with E-state index in [0.717, 1.165) is 68.8 Å². The zero-order valence-corrected chi connectivity index (χ0v) is 18.3. The van der Waals surface area contributed by atoms with Gasteiger partial charge < -0.3 is 10.2 Å². The van der Waals surface area contributed by atoms with Crippen LogP contribution < -0.4 is 5.32 Å². The lowest BCUT2D eigenvalue weighted by molar-refractivity contribution is -0.126. The molecule has 5 heteroatoms. The van der Waals surface area contributed by atoms with E-state index in [1.807, 2.05) is 18.2 Å². The highest BCUT2D eigenvalue weighted by Gasteiger charge is 2.25. The number of halogens is 1. The lowest BCUT2D eigenvalue weighted by Gasteiger charge is -2.35. The van der Waals surface area contributed by atoms with Crippen LogP contribution in [0.1, 0.15) is 45.1 Å². The van der Waals surface area contributed by atoms with Gasteiger partial charge in [-0.3, -0.25) is 9.69 Å². The van der Waals surface area contributed by atoms with E-state index < -0.39 is 0 Å². The maximum Gasteiger partial charge on any atom is 0.223 e. The maximum absolute atomic E-state index is 12.5. The summed E-state index contributed by atoms with van der Waals surface area (Å²) in [5.74, 6) is 2.01. The molecule has 0 aliphatic carbocycles. The van der Waals surface area contributed by atoms with Crippen molar-refractivity contribution in [3.63, 3.8) is 0 Å². The molecule has 0 radical (unpaired) electrons. The molecule has 0 bridgehead atoms. The zero-order valence-electron chi connectivity index (χ0n) is 17.5. The lowest BCUT2D eigenvalue weighted by atomic mass is 9.92. The summed E-state index contributed by atoms with van der Waals surface area (Å²) in [6.07, 6.45) is 4.29. The number of nitrogens with zero attached hydrogens (tertiary/aromatic N) is 2. The van der Waals surface area contributed by atoms with Crippen molar-refractivity contribution >= 4 is 17.5 Å². The molecule has 1 aromatic rings. The molecule has 28 heavy (non-hydrogen) atoms. The predicted molar refractivity (Wildman–Crippen MR) is 116 cm³/mol. The van der Waals surface area contributed by atoms with Gasteiger partial charge in [0.1, 0.15) is 0 Å². The Morgan fingerprint density at radius 1 is 1.11 bits per heavy atom. The summed E-state index contributed by atoms with van der Waals surface area (Å²) in [4.78, 5) is 17.5. The van der Waals surface area contributed by atoms with Crippen molar-refractivity contribution in [3.8, 4) is 0 Å². The molecule has 2 heterocycles. The minimum atomic E-state index is 0.164. The van der Waals surface area contributed by atoms with E-state index in [2.05, 4.69) is 35.0 Å². The average molecular weight is 406 g/mol. The molecule has 2 aliphatic rings. The van der Waals surface area contributed by atoms with Crippen molar-refractivity contribution in [2.75, 3.05) is 39.3 Å². The first kappa shape index (κ1) is 21.6. The summed E-state index contributed by atoms with van der Waals surface area (Å²) in [6, 6.07) is 8.04. The van der Waals surface area contributed by atoms with Crippen molar-refractivity contribution < 1.29 is 4.79 Å². The third kappa shape index (κ3) is 6.47. The fourth-order valence-electron chi connectivity index (χ4n) is 4.85. The first-order chi connectivity index (χ1) is 13.5. The quantitative estimate of drug-likeness (QED) is 0.695. The van der Waals surface area contributed by atoms with Crippen LogP contribution in [0, 0.1) is 17.8 Å². The zero-order chi connectivity index (χ0) is 19.9. The highest BCUT2D eigenvalue weighted by molar-refractivity contribution is 6.31. The molecule has 2 saturated heterocycles. The summed E-state index contributed by atoms with van der Waals surface area (Å²) in [5, 5.41) is 4.02. The number of amides is 1. The van der Waals surface area contributed by atoms with Crippen LogP contribution in [0.15, 0.2) is 24.3 Å². The predicted octanol–water partition coefficient (Wildman–Crippen LogP) is 4.04. The Morgan fingerprint density at radius 2 is 1.79 bits per heavy atom. The molecule has 1 amide bonds. The van der Waals surface area contributed by atoms with Gasteiger partial charge in [-0.15, -0.1) is 0 Å². The molecule has 1 aromatic carbocycles. The number of piperidine rings is 2. The molecule has 2 fully saturated rings. The summed E-state index contributed by atoms with van der Waals surface area (Å²) in [7, 11) is 0. The molecule has 4 nitrogen and oxygen atoms in total. The fraction of sp³-hybridized carbons (Fsp3) is 0.696. The molecule has 0 unspecified atom stereocenters. The lowest BCUT2D eigenvalue weighted by Crippen LogP contribution is -2.42. The molecule has 0 spiro atoms. The van der Waals surface area contributed by atoms with E-state index in [1.54, 1.807) is 0 Å². The van der Waals surface area contributed by atoms with Gasteiger partial charge in [0.25, 0.3) is 0 Å². The molecule has 2 aliphatic heterocycles. The number of benzene rings is 1. The van der Waals surface area contributed by atoms with Gasteiger partial charge in [-0.25, -0.2) is 0 Å². The third-order valence-corrected chi connectivity index (χ3v) is 6.57. The standard InChI is InChI=1S/C23H36ClN3O/c1-18-14-19(2)16-27(15-18)11-5-10-25-23(28)20-8-12-26(13-9-20)17-21-6-3-4-7-22(21)24/h3-4,6-7,18-20H,5,8-17H2,1-2H3,(H,25,28)/t18-,19+. The van der Waals surface area contributed by atoms with E-state index in [4.69, 9.17) is 11.6 Å². The van der Waals surface area contributed by atoms with E-state index >= 15 is 0 Å². The van der Waals surface area contributed by atoms with E-state index in [-0.39, 0.29) is 11.8 Å². The number of likely N-dealkylation sites (tertiary alicyclic amines) is 2. The van der Waals surface area contributed by atoms with Crippen LogP contribution in [0.25, 0.3) is 0 Å². The topological polar surface area (TPSA) is 35.6 Å². The fourth-order valence-corrected chi connectivity index (χ4v) is 5.05. The summed E-state index contributed by atoms with van der Waals surface area (Å²) in [6.45, 7) is 11.8. The van der Waals surface area contributed by atoms with Gasteiger partial charge in [0, 0.05) is 37.1 Å². The smallest absolute Gasteiger partial charge is 0.223 e. The Kier molecular flexibility index (Phi) is 8.19. The van der Waals surface area contributed by atoms with E-state index in [9.17, 15) is 4.79 Å². The normalized spacial score (nSPS) is 25.0. The van der Waals surface area contributed by atoms with E-state index in [1.165, 1.54) is 25.1 Å². The molecule has 1 N–H and O–H groups in total. The second kappa shape index (κ2) is 10.6. The molecule has 3 rings (SSSR count). The largest absolute Gasteiger partial charge is 0.356 e. The minimum Gasteiger partial charge on any atom is -0.356 e. The number of rotatable bonds is 7. The van der Waals surface area contributed by atoms with Gasteiger partial charge in [0.05, 0.1) is 0 Å². The van der Waals surface area contributed by atoms with Crippen LogP contribution in [-0.4, -0.2) is 55.0 Å². The Morgan fingerprint density at radius 3 is 2.46 bits per heavy atom. The Hall–Kier alpha value is -1.10. The monoisotopic (exact) mass is 405 g/mol. The van der Waals surface area contributed by atoms with Crippen LogP contribution in [0.4, 0.5) is 0 Å². The maximum atomic E-state index is 12.5. The Balaban J connectivity index is 1.31. The van der Waals surface area contributed by atoms with Crippen molar-refractivity contribution in [3.05, 3.63) is 34.9 Å². The summed E-state index contributed by atoms with van der Waals surface area (Å²) < 4.78 is 0. The molecule has 0 saturated carbocycles. The molecule has 0 aromatic heterocycles. The number of carbonyl (C=O) groups excluding carboxylic acids is 1. The SMILES string of the molecule is C[C@@H]1C[C@H](C)CN(CCCNC(=O)C2CCN(Cc3ccccc3Cl)CC2)C1. The van der Waals surface area contributed by atoms with Gasteiger partial charge in [-0.2, -0.15) is 0 Å². The van der Waals surface area contributed by atoms with Crippen molar-refractivity contribution in [2.45, 2.75) is 46.1 Å². The van der Waals surface area contributed by atoms with Crippen LogP contribution in [-0.2, 0) is 11.3 Å². The number of hydrogen-bond donors (Lipinski definition) is 1. The van der Waals surface area contributed by atoms with Crippen molar-refractivity contribution in [1.82, 2.24) is 15.1 Å². The van der Waals surface area contributed by atoms with Crippen LogP contribution in [0.5, 0.6) is 0 Å². The Labute approximate surface area is 175 Å². The summed E-state index contributed by atoms with van der Waals surface area (Å²) >= 11 is 6.27. The molecular weight excluding hydrogens is 370 g/mol. The average Bonchev–Trinajstić information content (AvgIpc) is 2.67. The van der Waals surface area contributed by atoms with Gasteiger partial charge >= 0.3 is 0 Å². The van der Waals surface area contributed by atoms with Crippen LogP contribution in [0.3, 0.4) is 0 Å². The summed E-state index contributed by atoms with van der Waals surface area (Å²) in [5.41, 5.74) is 1.17. The van der Waals surface area contributed by atoms with E-state index in [0.29, 0.717) is 0 Å².